The minimum atomic E-state index is -2.19. The quantitative estimate of drug-likeness (QED) is 0.0754. The van der Waals surface area contributed by atoms with Crippen molar-refractivity contribution >= 4 is 42.7 Å². The predicted octanol–water partition coefficient (Wildman–Crippen LogP) is 8.60. The molecule has 3 rings (SSSR count). The number of nitrogens with zero attached hydrogens (tertiary/aromatic N) is 4. The van der Waals surface area contributed by atoms with Crippen molar-refractivity contribution in [3.63, 3.8) is 0 Å². The number of methoxy groups -OCH3 is 1. The van der Waals surface area contributed by atoms with Gasteiger partial charge in [-0.15, -0.1) is 4.72 Å². The number of anilines is 1. The largest absolute Gasteiger partial charge is 0.598 e. The molecule has 3 unspecified atom stereocenters. The molecule has 1 heterocycles. The fourth-order valence-electron chi connectivity index (χ4n) is 4.80. The molecule has 3 aromatic rings. The first kappa shape index (κ1) is 40.1. The molecule has 266 valence electrons. The zero-order valence-electron chi connectivity index (χ0n) is 29.9. The van der Waals surface area contributed by atoms with Gasteiger partial charge in [-0.25, -0.2) is 14.4 Å². The first-order valence-electron chi connectivity index (χ1n) is 15.7. The molecule has 0 aliphatic carbocycles. The molecule has 2 aromatic carbocycles. The summed E-state index contributed by atoms with van der Waals surface area (Å²) in [5.41, 5.74) is -0.716. The number of nitrogens with one attached hydrogen (secondary N) is 2. The van der Waals surface area contributed by atoms with Crippen molar-refractivity contribution in [3.8, 4) is 22.9 Å². The monoisotopic (exact) mass is 732 g/mol. The Labute approximate surface area is 297 Å². The molecule has 0 radical (unpaired) electrons. The van der Waals surface area contributed by atoms with E-state index >= 15 is 4.39 Å². The molecule has 0 aliphatic rings. The van der Waals surface area contributed by atoms with E-state index in [4.69, 9.17) is 20.8 Å². The van der Waals surface area contributed by atoms with Crippen LogP contribution in [0.4, 0.5) is 15.8 Å². The standard InChI is InChI=1S/C34H46ClFN6O5SSi/c1-32(2,3)48(45)41-22(18-37)15-27(30-24(35)13-12-14-29(30)46-9)40-26-16-23(25(36)17-28(26)42(43)44)21-19-38-31(39-20-21)34(7,8)47-49(10,11)33(4,5)6/h12-14,16-17,19-20,22,27,40-41H,15H2,1-11H3. The summed E-state index contributed by atoms with van der Waals surface area (Å²) >= 11 is 5.04. The van der Waals surface area contributed by atoms with Crippen LogP contribution in [0.25, 0.3) is 11.1 Å². The summed E-state index contributed by atoms with van der Waals surface area (Å²) < 4.78 is 42.8. The van der Waals surface area contributed by atoms with Crippen molar-refractivity contribution in [2.45, 2.75) is 102 Å². The number of nitro groups is 1. The van der Waals surface area contributed by atoms with Gasteiger partial charge in [0.25, 0.3) is 5.69 Å². The Morgan fingerprint density at radius 1 is 1.12 bits per heavy atom. The molecule has 0 fully saturated rings. The lowest BCUT2D eigenvalue weighted by atomic mass is 9.97. The third kappa shape index (κ3) is 9.68. The van der Waals surface area contributed by atoms with Crippen LogP contribution in [0.3, 0.4) is 0 Å². The predicted molar refractivity (Wildman–Crippen MR) is 195 cm³/mol. The van der Waals surface area contributed by atoms with E-state index in [1.54, 1.807) is 39.0 Å². The summed E-state index contributed by atoms with van der Waals surface area (Å²) in [5.74, 6) is -0.0835. The molecule has 15 heteroatoms. The third-order valence-electron chi connectivity index (χ3n) is 8.44. The normalized spacial score (nSPS) is 14.5. The molecular formula is C34H46ClFN6O5SSi. The van der Waals surface area contributed by atoms with Crippen LogP contribution in [-0.2, 0) is 21.4 Å². The van der Waals surface area contributed by atoms with Gasteiger partial charge in [-0.3, -0.25) is 10.1 Å². The molecule has 3 atom stereocenters. The Balaban J connectivity index is 2.11. The number of nitriles is 1. The molecule has 0 amide bonds. The van der Waals surface area contributed by atoms with Crippen LogP contribution < -0.4 is 14.8 Å². The summed E-state index contributed by atoms with van der Waals surface area (Å²) in [4.78, 5) is 20.5. The van der Waals surface area contributed by atoms with Crippen LogP contribution in [-0.4, -0.2) is 45.7 Å². The van der Waals surface area contributed by atoms with Crippen LogP contribution in [0.2, 0.25) is 23.2 Å². The Morgan fingerprint density at radius 3 is 2.24 bits per heavy atom. The molecule has 0 saturated heterocycles. The van der Waals surface area contributed by atoms with Gasteiger partial charge in [-0.2, -0.15) is 5.26 Å². The highest BCUT2D eigenvalue weighted by Gasteiger charge is 2.43. The van der Waals surface area contributed by atoms with Gasteiger partial charge < -0.3 is 19.0 Å². The van der Waals surface area contributed by atoms with Gasteiger partial charge in [0.1, 0.15) is 33.6 Å². The molecule has 0 bridgehead atoms. The Kier molecular flexibility index (Phi) is 12.5. The molecule has 0 saturated carbocycles. The van der Waals surface area contributed by atoms with Gasteiger partial charge >= 0.3 is 0 Å². The summed E-state index contributed by atoms with van der Waals surface area (Å²) in [7, 11) is -0.748. The van der Waals surface area contributed by atoms with E-state index in [1.165, 1.54) is 25.6 Å². The van der Waals surface area contributed by atoms with Crippen molar-refractivity contribution in [1.82, 2.24) is 14.7 Å². The maximum Gasteiger partial charge on any atom is 0.295 e. The highest BCUT2D eigenvalue weighted by molar-refractivity contribution is 7.90. The summed E-state index contributed by atoms with van der Waals surface area (Å²) in [6.07, 6.45) is 2.88. The fraction of sp³-hybridized carbons (Fsp3) is 0.500. The number of rotatable bonds is 13. The second-order valence-corrected chi connectivity index (χ2v) is 21.9. The number of nitro benzene ring substituents is 1. The van der Waals surface area contributed by atoms with E-state index in [9.17, 15) is 19.9 Å². The van der Waals surface area contributed by atoms with Gasteiger partial charge in [0, 0.05) is 51.9 Å². The van der Waals surface area contributed by atoms with E-state index in [0.717, 1.165) is 6.07 Å². The third-order valence-corrected chi connectivity index (χ3v) is 15.0. The lowest BCUT2D eigenvalue weighted by molar-refractivity contribution is -0.384. The number of benzene rings is 2. The van der Waals surface area contributed by atoms with Crippen LogP contribution in [0.1, 0.15) is 79.2 Å². The topological polar surface area (TPSA) is 158 Å². The SMILES string of the molecule is COc1cccc(Cl)c1C(CC(C#N)N[S+]([O-])C(C)(C)C)Nc1cc(-c2cnc(C(C)(C)O[Si](C)(C)C(C)(C)C)nc2)c(F)cc1[N+](=O)[O-]. The second kappa shape index (κ2) is 15.3. The molecule has 1 aromatic heterocycles. The van der Waals surface area contributed by atoms with Gasteiger partial charge in [0.2, 0.25) is 0 Å². The fourth-order valence-corrected chi connectivity index (χ4v) is 7.54. The van der Waals surface area contributed by atoms with Crippen molar-refractivity contribution in [3.05, 3.63) is 75.1 Å². The molecule has 11 nitrogen and oxygen atoms in total. The van der Waals surface area contributed by atoms with Crippen LogP contribution in [0, 0.1) is 27.3 Å². The van der Waals surface area contributed by atoms with Crippen LogP contribution in [0.15, 0.2) is 42.7 Å². The van der Waals surface area contributed by atoms with Crippen molar-refractivity contribution in [2.75, 3.05) is 12.4 Å². The van der Waals surface area contributed by atoms with Gasteiger partial charge in [-0.05, 0) is 71.0 Å². The zero-order chi connectivity index (χ0) is 37.1. The summed E-state index contributed by atoms with van der Waals surface area (Å²) in [6, 6.07) is 7.36. The van der Waals surface area contributed by atoms with Crippen molar-refractivity contribution in [2.24, 2.45) is 0 Å². The Bertz CT molecular complexity index is 1690. The van der Waals surface area contributed by atoms with Crippen molar-refractivity contribution < 1.29 is 23.0 Å². The minimum Gasteiger partial charge on any atom is -0.598 e. The number of halogens is 2. The number of hydrogen-bond acceptors (Lipinski definition) is 10. The smallest absolute Gasteiger partial charge is 0.295 e. The first-order valence-corrected chi connectivity index (χ1v) is 20.1. The molecule has 0 spiro atoms. The average molecular weight is 733 g/mol. The zero-order valence-corrected chi connectivity index (χ0v) is 32.5. The van der Waals surface area contributed by atoms with Crippen LogP contribution >= 0.6 is 11.6 Å². The average Bonchev–Trinajstić information content (AvgIpc) is 2.99. The number of ether oxygens (including phenoxy) is 1. The molecule has 0 aliphatic heterocycles. The highest BCUT2D eigenvalue weighted by Crippen LogP contribution is 2.42. The van der Waals surface area contributed by atoms with Gasteiger partial charge in [-0.1, -0.05) is 38.4 Å². The van der Waals surface area contributed by atoms with E-state index in [2.05, 4.69) is 59.9 Å². The highest BCUT2D eigenvalue weighted by atomic mass is 35.5. The van der Waals surface area contributed by atoms with Gasteiger partial charge in [0.15, 0.2) is 14.1 Å². The van der Waals surface area contributed by atoms with Crippen molar-refractivity contribution in [1.29, 1.82) is 5.26 Å². The maximum absolute atomic E-state index is 15.6. The van der Waals surface area contributed by atoms with E-state index < -0.39 is 58.5 Å². The minimum absolute atomic E-state index is 0.0106. The first-order chi connectivity index (χ1) is 22.5. The number of hydrogen-bond donors (Lipinski definition) is 2. The lowest BCUT2D eigenvalue weighted by Gasteiger charge is -2.42. The summed E-state index contributed by atoms with van der Waals surface area (Å²) in [5, 5.41) is 25.6. The summed E-state index contributed by atoms with van der Waals surface area (Å²) in [6.45, 7) is 19.7. The van der Waals surface area contributed by atoms with Crippen LogP contribution in [0.5, 0.6) is 5.75 Å². The van der Waals surface area contributed by atoms with E-state index in [0.29, 0.717) is 17.1 Å². The number of aromatic nitrogens is 2. The lowest BCUT2D eigenvalue weighted by Crippen LogP contribution is -2.46. The Hall–Kier alpha value is -3.32. The van der Waals surface area contributed by atoms with Gasteiger partial charge in [0.05, 0.1) is 30.2 Å². The van der Waals surface area contributed by atoms with E-state index in [-0.39, 0.29) is 33.3 Å². The molecular weight excluding hydrogens is 687 g/mol. The molecule has 49 heavy (non-hydrogen) atoms. The second-order valence-electron chi connectivity index (χ2n) is 14.7. The maximum atomic E-state index is 15.6. The Morgan fingerprint density at radius 2 is 1.73 bits per heavy atom. The van der Waals surface area contributed by atoms with E-state index in [1.807, 2.05) is 13.8 Å². The molecule has 2 N–H and O–H groups in total.